The summed E-state index contributed by atoms with van der Waals surface area (Å²) in [5, 5.41) is 7.89. The SMILES string of the molecule is COC(=O)c1ccc(N(C)Cc2cc(Br)cn2C)nn1. The van der Waals surface area contributed by atoms with Crippen LogP contribution in [0.15, 0.2) is 28.9 Å². The summed E-state index contributed by atoms with van der Waals surface area (Å²) in [6, 6.07) is 5.40. The van der Waals surface area contributed by atoms with Crippen LogP contribution in [-0.4, -0.2) is 34.9 Å². The number of methoxy groups -OCH3 is 1. The Hall–Kier alpha value is -1.89. The van der Waals surface area contributed by atoms with E-state index in [4.69, 9.17) is 0 Å². The molecule has 2 heterocycles. The minimum absolute atomic E-state index is 0.200. The Labute approximate surface area is 125 Å². The highest BCUT2D eigenvalue weighted by Gasteiger charge is 2.11. The van der Waals surface area contributed by atoms with Crippen molar-refractivity contribution in [3.63, 3.8) is 0 Å². The molecular formula is C13H15BrN4O2. The fraction of sp³-hybridized carbons (Fsp3) is 0.308. The topological polar surface area (TPSA) is 60.2 Å². The fourth-order valence-electron chi connectivity index (χ4n) is 1.79. The molecule has 0 aromatic carbocycles. The van der Waals surface area contributed by atoms with Crippen LogP contribution in [0.25, 0.3) is 0 Å². The number of aromatic nitrogens is 3. The second-order valence-electron chi connectivity index (χ2n) is 4.38. The number of hydrogen-bond donors (Lipinski definition) is 0. The summed E-state index contributed by atoms with van der Waals surface area (Å²) in [6.45, 7) is 0.689. The van der Waals surface area contributed by atoms with Crippen LogP contribution in [0, 0.1) is 0 Å². The van der Waals surface area contributed by atoms with Crippen LogP contribution in [-0.2, 0) is 18.3 Å². The van der Waals surface area contributed by atoms with Crippen molar-refractivity contribution in [3.05, 3.63) is 40.3 Å². The van der Waals surface area contributed by atoms with E-state index >= 15 is 0 Å². The fourth-order valence-corrected chi connectivity index (χ4v) is 2.36. The highest BCUT2D eigenvalue weighted by atomic mass is 79.9. The van der Waals surface area contributed by atoms with Gasteiger partial charge in [-0.15, -0.1) is 10.2 Å². The Morgan fingerprint density at radius 1 is 1.45 bits per heavy atom. The normalized spacial score (nSPS) is 10.4. The molecule has 2 aromatic heterocycles. The second kappa shape index (κ2) is 6.04. The second-order valence-corrected chi connectivity index (χ2v) is 5.30. The third-order valence-corrected chi connectivity index (χ3v) is 3.34. The summed E-state index contributed by atoms with van der Waals surface area (Å²) >= 11 is 3.44. The molecule has 106 valence electrons. The predicted octanol–water partition coefficient (Wildman–Crippen LogP) is 2.00. The maximum atomic E-state index is 11.3. The molecule has 0 saturated carbocycles. The average Bonchev–Trinajstić information content (AvgIpc) is 2.76. The largest absolute Gasteiger partial charge is 0.464 e. The number of esters is 1. The third kappa shape index (κ3) is 3.16. The number of ether oxygens (including phenoxy) is 1. The lowest BCUT2D eigenvalue weighted by atomic mass is 10.3. The first kappa shape index (κ1) is 14.5. The monoisotopic (exact) mass is 338 g/mol. The molecule has 0 unspecified atom stereocenters. The molecule has 0 radical (unpaired) electrons. The van der Waals surface area contributed by atoms with Gasteiger partial charge in [-0.3, -0.25) is 0 Å². The molecule has 7 heteroatoms. The molecule has 0 saturated heterocycles. The zero-order valence-corrected chi connectivity index (χ0v) is 13.1. The molecule has 6 nitrogen and oxygen atoms in total. The number of halogens is 1. The van der Waals surface area contributed by atoms with Gasteiger partial charge >= 0.3 is 5.97 Å². The van der Waals surface area contributed by atoms with Crippen molar-refractivity contribution in [2.45, 2.75) is 6.54 Å². The maximum Gasteiger partial charge on any atom is 0.358 e. The number of hydrogen-bond acceptors (Lipinski definition) is 5. The van der Waals surface area contributed by atoms with E-state index in [0.717, 1.165) is 10.2 Å². The molecule has 20 heavy (non-hydrogen) atoms. The molecule has 0 amide bonds. The van der Waals surface area contributed by atoms with E-state index in [1.807, 2.05) is 35.8 Å². The van der Waals surface area contributed by atoms with Crippen molar-refractivity contribution in [1.29, 1.82) is 0 Å². The van der Waals surface area contributed by atoms with Gasteiger partial charge in [-0.05, 0) is 34.1 Å². The molecule has 0 N–H and O–H groups in total. The van der Waals surface area contributed by atoms with E-state index in [1.54, 1.807) is 12.1 Å². The summed E-state index contributed by atoms with van der Waals surface area (Å²) in [7, 11) is 5.22. The molecule has 0 bridgehead atoms. The van der Waals surface area contributed by atoms with Crippen LogP contribution in [0.2, 0.25) is 0 Å². The van der Waals surface area contributed by atoms with Gasteiger partial charge in [0.1, 0.15) is 0 Å². The van der Waals surface area contributed by atoms with Crippen LogP contribution >= 0.6 is 15.9 Å². The minimum Gasteiger partial charge on any atom is -0.464 e. The van der Waals surface area contributed by atoms with Gasteiger partial charge in [-0.1, -0.05) is 0 Å². The molecule has 2 aromatic rings. The summed E-state index contributed by atoms with van der Waals surface area (Å²) < 4.78 is 7.66. The Kier molecular flexibility index (Phi) is 4.39. The highest BCUT2D eigenvalue weighted by Crippen LogP contribution is 2.17. The molecule has 0 spiro atoms. The van der Waals surface area contributed by atoms with Crippen LogP contribution < -0.4 is 4.90 Å². The molecule has 0 fully saturated rings. The quantitative estimate of drug-likeness (QED) is 0.798. The van der Waals surface area contributed by atoms with E-state index < -0.39 is 5.97 Å². The lowest BCUT2D eigenvalue weighted by molar-refractivity contribution is 0.0592. The van der Waals surface area contributed by atoms with Crippen molar-refractivity contribution in [3.8, 4) is 0 Å². The van der Waals surface area contributed by atoms with Gasteiger partial charge in [0.15, 0.2) is 11.5 Å². The van der Waals surface area contributed by atoms with Gasteiger partial charge in [0.05, 0.1) is 13.7 Å². The van der Waals surface area contributed by atoms with Gasteiger partial charge in [0, 0.05) is 30.5 Å². The first-order valence-corrected chi connectivity index (χ1v) is 6.74. The number of carbonyl (C=O) groups excluding carboxylic acids is 1. The van der Waals surface area contributed by atoms with Crippen molar-refractivity contribution >= 4 is 27.7 Å². The van der Waals surface area contributed by atoms with E-state index in [1.165, 1.54) is 7.11 Å². The van der Waals surface area contributed by atoms with Gasteiger partial charge in [-0.25, -0.2) is 4.79 Å². The summed E-state index contributed by atoms with van der Waals surface area (Å²) in [4.78, 5) is 13.2. The third-order valence-electron chi connectivity index (χ3n) is 2.91. The van der Waals surface area contributed by atoms with E-state index in [0.29, 0.717) is 12.4 Å². The standard InChI is InChI=1S/C13H15BrN4O2/c1-17-7-9(14)6-10(17)8-18(2)12-5-4-11(15-16-12)13(19)20-3/h4-7H,8H2,1-3H3. The summed E-state index contributed by atoms with van der Waals surface area (Å²) in [6.07, 6.45) is 2.00. The van der Waals surface area contributed by atoms with E-state index in [9.17, 15) is 4.79 Å². The van der Waals surface area contributed by atoms with Crippen molar-refractivity contribution in [1.82, 2.24) is 14.8 Å². The zero-order valence-electron chi connectivity index (χ0n) is 11.5. The van der Waals surface area contributed by atoms with Crippen molar-refractivity contribution in [2.24, 2.45) is 7.05 Å². The number of rotatable bonds is 4. The Balaban J connectivity index is 2.11. The number of anilines is 1. The first-order chi connectivity index (χ1) is 9.51. The first-order valence-electron chi connectivity index (χ1n) is 5.95. The number of aryl methyl sites for hydroxylation is 1. The van der Waals surface area contributed by atoms with Crippen LogP contribution in [0.5, 0.6) is 0 Å². The smallest absolute Gasteiger partial charge is 0.358 e. The minimum atomic E-state index is -0.488. The van der Waals surface area contributed by atoms with Gasteiger partial charge in [-0.2, -0.15) is 0 Å². The highest BCUT2D eigenvalue weighted by molar-refractivity contribution is 9.10. The molecule has 0 atom stereocenters. The molecular weight excluding hydrogens is 324 g/mol. The Morgan fingerprint density at radius 2 is 2.20 bits per heavy atom. The van der Waals surface area contributed by atoms with Gasteiger partial charge in [0.25, 0.3) is 0 Å². The Morgan fingerprint density at radius 3 is 2.70 bits per heavy atom. The summed E-state index contributed by atoms with van der Waals surface area (Å²) in [5.74, 6) is 0.202. The van der Waals surface area contributed by atoms with Crippen LogP contribution in [0.1, 0.15) is 16.2 Å². The van der Waals surface area contributed by atoms with Gasteiger partial charge < -0.3 is 14.2 Å². The summed E-state index contributed by atoms with van der Waals surface area (Å²) in [5.41, 5.74) is 1.34. The van der Waals surface area contributed by atoms with E-state index in [2.05, 4.69) is 30.9 Å². The number of carbonyl (C=O) groups is 1. The molecule has 2 rings (SSSR count). The molecule has 0 aliphatic rings. The lowest BCUT2D eigenvalue weighted by Gasteiger charge is -2.17. The molecule has 0 aliphatic carbocycles. The van der Waals surface area contributed by atoms with Crippen LogP contribution in [0.4, 0.5) is 5.82 Å². The lowest BCUT2D eigenvalue weighted by Crippen LogP contribution is -2.20. The van der Waals surface area contributed by atoms with Crippen LogP contribution in [0.3, 0.4) is 0 Å². The molecule has 0 aliphatic heterocycles. The number of nitrogens with zero attached hydrogens (tertiary/aromatic N) is 4. The van der Waals surface area contributed by atoms with E-state index in [-0.39, 0.29) is 5.69 Å². The zero-order chi connectivity index (χ0) is 14.7. The van der Waals surface area contributed by atoms with Crippen molar-refractivity contribution < 1.29 is 9.53 Å². The predicted molar refractivity (Wildman–Crippen MR) is 78.6 cm³/mol. The average molecular weight is 339 g/mol. The maximum absolute atomic E-state index is 11.3. The van der Waals surface area contributed by atoms with Gasteiger partial charge in [0.2, 0.25) is 0 Å². The Bertz CT molecular complexity index is 609. The van der Waals surface area contributed by atoms with Crippen molar-refractivity contribution in [2.75, 3.05) is 19.1 Å².